The summed E-state index contributed by atoms with van der Waals surface area (Å²) in [4.78, 5) is 4.89. The van der Waals surface area contributed by atoms with Crippen LogP contribution in [0.15, 0.2) is 0 Å². The standard InChI is InChI=1S/C25H54N6O4/c26-9-3-15-30(16-4-10-27)13-1-7-23-32-19-25(20-33-23)21-34-24(35-22-25)8-2-14-31(17-5-11-28)18-6-12-29/h23-24H,1-22,26-29H2. The van der Waals surface area contributed by atoms with Gasteiger partial charge in [-0.15, -0.1) is 0 Å². The van der Waals surface area contributed by atoms with E-state index in [0.717, 1.165) is 117 Å². The van der Waals surface area contributed by atoms with Crippen molar-refractivity contribution in [3.63, 3.8) is 0 Å². The normalized spacial score (nSPS) is 25.2. The Hall–Kier alpha value is -0.400. The quantitative estimate of drug-likeness (QED) is 0.183. The molecule has 10 nitrogen and oxygen atoms in total. The van der Waals surface area contributed by atoms with Crippen LogP contribution in [-0.2, 0) is 18.9 Å². The van der Waals surface area contributed by atoms with Crippen molar-refractivity contribution >= 4 is 0 Å². The number of hydrogen-bond acceptors (Lipinski definition) is 10. The second-order valence-electron chi connectivity index (χ2n) is 10.1. The Morgan fingerprint density at radius 2 is 0.771 bits per heavy atom. The van der Waals surface area contributed by atoms with E-state index >= 15 is 0 Å². The molecule has 2 rings (SSSR count). The molecule has 0 aromatic carbocycles. The van der Waals surface area contributed by atoms with E-state index in [1.165, 1.54) is 0 Å². The summed E-state index contributed by atoms with van der Waals surface area (Å²) in [5.74, 6) is 0. The molecule has 0 amide bonds. The molecule has 2 aliphatic rings. The summed E-state index contributed by atoms with van der Waals surface area (Å²) in [5.41, 5.74) is 22.5. The zero-order valence-electron chi connectivity index (χ0n) is 22.0. The first kappa shape index (κ1) is 30.8. The molecule has 0 bridgehead atoms. The zero-order valence-corrected chi connectivity index (χ0v) is 22.0. The fraction of sp³-hybridized carbons (Fsp3) is 1.00. The average Bonchev–Trinajstić information content (AvgIpc) is 2.89. The molecule has 208 valence electrons. The lowest BCUT2D eigenvalue weighted by Gasteiger charge is -2.44. The summed E-state index contributed by atoms with van der Waals surface area (Å²) in [6.45, 7) is 11.6. The highest BCUT2D eigenvalue weighted by molar-refractivity contribution is 4.84. The van der Waals surface area contributed by atoms with Gasteiger partial charge in [-0.1, -0.05) is 0 Å². The van der Waals surface area contributed by atoms with Gasteiger partial charge in [0.15, 0.2) is 12.6 Å². The third kappa shape index (κ3) is 12.6. The molecule has 2 fully saturated rings. The van der Waals surface area contributed by atoms with E-state index in [1.54, 1.807) is 0 Å². The van der Waals surface area contributed by atoms with Gasteiger partial charge in [-0.2, -0.15) is 0 Å². The van der Waals surface area contributed by atoms with Crippen molar-refractivity contribution in [2.75, 3.05) is 91.9 Å². The molecule has 2 aliphatic heterocycles. The van der Waals surface area contributed by atoms with E-state index in [4.69, 9.17) is 41.9 Å². The summed E-state index contributed by atoms with van der Waals surface area (Å²) >= 11 is 0. The molecule has 2 saturated heterocycles. The van der Waals surface area contributed by atoms with E-state index in [-0.39, 0.29) is 18.0 Å². The second-order valence-corrected chi connectivity index (χ2v) is 10.1. The predicted molar refractivity (Wildman–Crippen MR) is 140 cm³/mol. The van der Waals surface area contributed by atoms with Crippen LogP contribution >= 0.6 is 0 Å². The van der Waals surface area contributed by atoms with Crippen LogP contribution < -0.4 is 22.9 Å². The summed E-state index contributed by atoms with van der Waals surface area (Å²) in [6.07, 6.45) is 7.66. The Labute approximate surface area is 213 Å². The molecule has 0 aromatic rings. The van der Waals surface area contributed by atoms with E-state index in [1.807, 2.05) is 0 Å². The van der Waals surface area contributed by atoms with Crippen LogP contribution in [-0.4, -0.2) is 114 Å². The minimum Gasteiger partial charge on any atom is -0.352 e. The molecule has 0 aliphatic carbocycles. The molecule has 0 atom stereocenters. The van der Waals surface area contributed by atoms with Crippen LogP contribution in [0.5, 0.6) is 0 Å². The fourth-order valence-corrected chi connectivity index (χ4v) is 4.65. The van der Waals surface area contributed by atoms with Gasteiger partial charge < -0.3 is 51.7 Å². The van der Waals surface area contributed by atoms with Gasteiger partial charge in [0.1, 0.15) is 0 Å². The molecule has 2 heterocycles. The predicted octanol–water partition coefficient (Wildman–Crippen LogP) is 0.278. The lowest BCUT2D eigenvalue weighted by molar-refractivity contribution is -0.304. The van der Waals surface area contributed by atoms with Crippen LogP contribution in [0.2, 0.25) is 0 Å². The van der Waals surface area contributed by atoms with Gasteiger partial charge in [0.25, 0.3) is 0 Å². The van der Waals surface area contributed by atoms with E-state index < -0.39 is 0 Å². The summed E-state index contributed by atoms with van der Waals surface area (Å²) in [6, 6.07) is 0. The van der Waals surface area contributed by atoms with Crippen LogP contribution in [0.3, 0.4) is 0 Å². The Kier molecular flexibility index (Phi) is 16.5. The molecular weight excluding hydrogens is 448 g/mol. The minimum absolute atomic E-state index is 0.141. The highest BCUT2D eigenvalue weighted by atomic mass is 16.7. The van der Waals surface area contributed by atoms with E-state index in [9.17, 15) is 0 Å². The van der Waals surface area contributed by atoms with Crippen LogP contribution in [0.25, 0.3) is 0 Å². The van der Waals surface area contributed by atoms with Crippen LogP contribution in [0.4, 0.5) is 0 Å². The van der Waals surface area contributed by atoms with Crippen molar-refractivity contribution in [1.29, 1.82) is 0 Å². The summed E-state index contributed by atoms with van der Waals surface area (Å²) in [5, 5.41) is 0. The molecular formula is C25H54N6O4. The van der Waals surface area contributed by atoms with Gasteiger partial charge in [0, 0.05) is 0 Å². The molecule has 10 heteroatoms. The van der Waals surface area contributed by atoms with Gasteiger partial charge in [-0.25, -0.2) is 0 Å². The van der Waals surface area contributed by atoms with Gasteiger partial charge >= 0.3 is 0 Å². The van der Waals surface area contributed by atoms with E-state index in [0.29, 0.717) is 26.4 Å². The second kappa shape index (κ2) is 18.8. The molecule has 0 unspecified atom stereocenters. The molecule has 1 spiro atoms. The first-order valence-corrected chi connectivity index (χ1v) is 13.9. The first-order chi connectivity index (χ1) is 17.1. The van der Waals surface area contributed by atoms with Crippen LogP contribution in [0.1, 0.15) is 51.4 Å². The largest absolute Gasteiger partial charge is 0.352 e. The van der Waals surface area contributed by atoms with Crippen molar-refractivity contribution in [3.8, 4) is 0 Å². The monoisotopic (exact) mass is 502 g/mol. The number of nitrogens with zero attached hydrogens (tertiary/aromatic N) is 2. The topological polar surface area (TPSA) is 147 Å². The highest BCUT2D eigenvalue weighted by Gasteiger charge is 2.41. The molecule has 0 radical (unpaired) electrons. The molecule has 8 N–H and O–H groups in total. The van der Waals surface area contributed by atoms with Crippen molar-refractivity contribution < 1.29 is 18.9 Å². The van der Waals surface area contributed by atoms with Crippen molar-refractivity contribution in [2.24, 2.45) is 28.3 Å². The van der Waals surface area contributed by atoms with Crippen LogP contribution in [0, 0.1) is 5.41 Å². The van der Waals surface area contributed by atoms with Gasteiger partial charge in [-0.05, 0) is 117 Å². The van der Waals surface area contributed by atoms with Gasteiger partial charge in [0.2, 0.25) is 0 Å². The van der Waals surface area contributed by atoms with Gasteiger partial charge in [0.05, 0.1) is 31.8 Å². The van der Waals surface area contributed by atoms with Crippen molar-refractivity contribution in [1.82, 2.24) is 9.80 Å². The molecule has 35 heavy (non-hydrogen) atoms. The maximum Gasteiger partial charge on any atom is 0.157 e. The smallest absolute Gasteiger partial charge is 0.157 e. The highest BCUT2D eigenvalue weighted by Crippen LogP contribution is 2.32. The first-order valence-electron chi connectivity index (χ1n) is 13.9. The Morgan fingerprint density at radius 3 is 1.06 bits per heavy atom. The summed E-state index contributed by atoms with van der Waals surface area (Å²) in [7, 11) is 0. The van der Waals surface area contributed by atoms with Crippen molar-refractivity contribution in [2.45, 2.75) is 63.9 Å². The van der Waals surface area contributed by atoms with Crippen molar-refractivity contribution in [3.05, 3.63) is 0 Å². The maximum absolute atomic E-state index is 6.07. The Morgan fingerprint density at radius 1 is 0.486 bits per heavy atom. The van der Waals surface area contributed by atoms with Gasteiger partial charge in [-0.3, -0.25) is 0 Å². The number of ether oxygens (including phenoxy) is 4. The number of nitrogens with two attached hydrogens (primary N) is 4. The molecule has 0 saturated carbocycles. The zero-order chi connectivity index (χ0) is 25.2. The summed E-state index contributed by atoms with van der Waals surface area (Å²) < 4.78 is 24.3. The average molecular weight is 503 g/mol. The lowest BCUT2D eigenvalue weighted by atomic mass is 9.90. The Balaban J connectivity index is 1.60. The SMILES string of the molecule is NCCCN(CCCN)CCCC1OCC2(CO1)COC(CCCN(CCCN)CCCN)OC2. The number of hydrogen-bond donors (Lipinski definition) is 4. The lowest BCUT2D eigenvalue weighted by Crippen LogP contribution is -2.52. The molecule has 0 aromatic heterocycles. The van der Waals surface area contributed by atoms with E-state index in [2.05, 4.69) is 9.80 Å². The third-order valence-electron chi connectivity index (χ3n) is 6.84. The fourth-order valence-electron chi connectivity index (χ4n) is 4.65. The Bertz CT molecular complexity index is 439. The minimum atomic E-state index is -0.185. The third-order valence-corrected chi connectivity index (χ3v) is 6.84. The number of rotatable bonds is 20. The maximum atomic E-state index is 6.07.